The Hall–Kier alpha value is 0.704. The molecule has 0 saturated heterocycles. The normalized spacial score (nSPS) is 11.1. The third-order valence-corrected chi connectivity index (χ3v) is 3.29. The molecule has 0 aliphatic heterocycles. The first-order chi connectivity index (χ1) is 9.95. The van der Waals surface area contributed by atoms with Crippen molar-refractivity contribution in [3.05, 3.63) is 0 Å². The Labute approximate surface area is 161 Å². The minimum Gasteiger partial charge on any atom is -0.396 e. The van der Waals surface area contributed by atoms with E-state index in [2.05, 4.69) is 22.0 Å². The van der Waals surface area contributed by atoms with Crippen molar-refractivity contribution < 1.29 is 60.8 Å². The number of rotatable bonds is 13. The zero-order valence-corrected chi connectivity index (χ0v) is 16.5. The Kier molecular flexibility index (Phi) is 18.8. The van der Waals surface area contributed by atoms with Crippen LogP contribution in [-0.4, -0.2) is 23.1 Å². The molecule has 22 heavy (non-hydrogen) atoms. The van der Waals surface area contributed by atoms with E-state index >= 15 is 0 Å². The Morgan fingerprint density at radius 3 is 1.64 bits per heavy atom. The quantitative estimate of drug-likeness (QED) is 0.196. The van der Waals surface area contributed by atoms with E-state index in [1.165, 1.54) is 25.7 Å². The number of aliphatic hydroxyl groups excluding tert-OH is 1. The van der Waals surface area contributed by atoms with Crippen molar-refractivity contribution >= 4 is 17.3 Å². The maximum absolute atomic E-state index is 11.7. The number of thiocarbonyl (C=S) groups is 1. The second kappa shape index (κ2) is 16.6. The van der Waals surface area contributed by atoms with Crippen molar-refractivity contribution in [1.82, 2.24) is 0 Å². The molecule has 3 nitrogen and oxygen atoms in total. The SMILES string of the molecule is OCCCCCCCCCCCCC(=S)OOC(F)(F)F.[Y]. The van der Waals surface area contributed by atoms with Crippen LogP contribution in [0, 0.1) is 0 Å². The third-order valence-electron chi connectivity index (χ3n) is 3.02. The molecule has 0 rings (SSSR count). The Bertz CT molecular complexity index is 266. The summed E-state index contributed by atoms with van der Waals surface area (Å²) in [5.74, 6) is 0. The summed E-state index contributed by atoms with van der Waals surface area (Å²) in [6, 6.07) is 0. The number of alkyl halides is 3. The Morgan fingerprint density at radius 2 is 1.23 bits per heavy atom. The van der Waals surface area contributed by atoms with Gasteiger partial charge in [-0.25, -0.2) is 0 Å². The van der Waals surface area contributed by atoms with Gasteiger partial charge in [0, 0.05) is 45.7 Å². The molecule has 0 fully saturated rings. The predicted octanol–water partition coefficient (Wildman–Crippen LogP) is 5.06. The summed E-state index contributed by atoms with van der Waals surface area (Å²) < 4.78 is 35.0. The molecule has 0 aliphatic rings. The topological polar surface area (TPSA) is 38.7 Å². The molecular formula is C14H25F3O3SY. The van der Waals surface area contributed by atoms with E-state index < -0.39 is 6.36 Å². The minimum atomic E-state index is -4.80. The van der Waals surface area contributed by atoms with Crippen molar-refractivity contribution in [2.24, 2.45) is 0 Å². The van der Waals surface area contributed by atoms with Crippen molar-refractivity contribution in [3.8, 4) is 0 Å². The number of hydrogen-bond acceptors (Lipinski definition) is 4. The van der Waals surface area contributed by atoms with Crippen molar-refractivity contribution in [2.45, 2.75) is 77.0 Å². The van der Waals surface area contributed by atoms with Crippen molar-refractivity contribution in [2.75, 3.05) is 6.61 Å². The molecule has 0 saturated carbocycles. The van der Waals surface area contributed by atoms with Gasteiger partial charge >= 0.3 is 6.36 Å². The van der Waals surface area contributed by atoms with Crippen LogP contribution < -0.4 is 0 Å². The van der Waals surface area contributed by atoms with Crippen LogP contribution in [0.15, 0.2) is 0 Å². The molecular weight excluding hydrogens is 394 g/mol. The van der Waals surface area contributed by atoms with Gasteiger partial charge in [-0.3, -0.25) is 0 Å². The van der Waals surface area contributed by atoms with Crippen LogP contribution in [0.4, 0.5) is 13.2 Å². The molecule has 0 aromatic carbocycles. The van der Waals surface area contributed by atoms with Gasteiger partial charge in [0.1, 0.15) is 0 Å². The second-order valence-electron chi connectivity index (χ2n) is 4.99. The molecule has 1 N–H and O–H groups in total. The molecule has 0 heterocycles. The van der Waals surface area contributed by atoms with Gasteiger partial charge in [-0.15, -0.1) is 13.2 Å². The molecule has 0 aliphatic carbocycles. The van der Waals surface area contributed by atoms with Crippen LogP contribution in [0.2, 0.25) is 0 Å². The molecule has 0 bridgehead atoms. The van der Waals surface area contributed by atoms with Crippen LogP contribution in [0.1, 0.15) is 70.6 Å². The Morgan fingerprint density at radius 1 is 0.818 bits per heavy atom. The fourth-order valence-corrected chi connectivity index (χ4v) is 2.11. The first kappa shape index (κ1) is 25.0. The van der Waals surface area contributed by atoms with Gasteiger partial charge in [0.05, 0.1) is 0 Å². The predicted molar refractivity (Wildman–Crippen MR) is 78.7 cm³/mol. The van der Waals surface area contributed by atoms with E-state index in [4.69, 9.17) is 5.11 Å². The molecule has 1 radical (unpaired) electrons. The minimum absolute atomic E-state index is 0. The van der Waals surface area contributed by atoms with Gasteiger partial charge in [-0.05, 0) is 25.1 Å². The molecule has 0 aromatic heterocycles. The number of halogens is 3. The first-order valence-electron chi connectivity index (χ1n) is 7.52. The van der Waals surface area contributed by atoms with Crippen molar-refractivity contribution in [3.63, 3.8) is 0 Å². The summed E-state index contributed by atoms with van der Waals surface area (Å²) in [6.45, 7) is 0.277. The first-order valence-corrected chi connectivity index (χ1v) is 7.92. The average molecular weight is 419 g/mol. The van der Waals surface area contributed by atoms with Crippen LogP contribution in [0.3, 0.4) is 0 Å². The van der Waals surface area contributed by atoms with Crippen LogP contribution in [0.5, 0.6) is 0 Å². The average Bonchev–Trinajstić information content (AvgIpc) is 2.42. The van der Waals surface area contributed by atoms with E-state index in [1.807, 2.05) is 0 Å². The molecule has 0 aromatic rings. The van der Waals surface area contributed by atoms with E-state index in [0.717, 1.165) is 38.5 Å². The zero-order valence-electron chi connectivity index (χ0n) is 12.9. The van der Waals surface area contributed by atoms with E-state index in [1.54, 1.807) is 0 Å². The van der Waals surface area contributed by atoms with E-state index in [0.29, 0.717) is 6.42 Å². The molecule has 0 unspecified atom stereocenters. The van der Waals surface area contributed by atoms with Gasteiger partial charge in [-0.2, -0.15) is 0 Å². The summed E-state index contributed by atoms with van der Waals surface area (Å²) in [5, 5.41) is 8.46. The second-order valence-corrected chi connectivity index (χ2v) is 5.45. The van der Waals surface area contributed by atoms with Crippen LogP contribution in [0.25, 0.3) is 0 Å². The van der Waals surface area contributed by atoms with Crippen LogP contribution in [-0.2, 0) is 42.5 Å². The molecule has 8 heteroatoms. The molecule has 0 spiro atoms. The summed E-state index contributed by atoms with van der Waals surface area (Å²) in [6.07, 6.45) is 6.08. The maximum atomic E-state index is 11.7. The molecule has 0 amide bonds. The van der Waals surface area contributed by atoms with Gasteiger partial charge in [-0.1, -0.05) is 56.3 Å². The fraction of sp³-hybridized carbons (Fsp3) is 0.929. The van der Waals surface area contributed by atoms with E-state index in [-0.39, 0.29) is 44.4 Å². The zero-order chi connectivity index (χ0) is 16.0. The van der Waals surface area contributed by atoms with Crippen LogP contribution >= 0.6 is 12.2 Å². The van der Waals surface area contributed by atoms with E-state index in [9.17, 15) is 13.2 Å². The summed E-state index contributed by atoms with van der Waals surface area (Å²) >= 11 is 4.63. The molecule has 129 valence electrons. The van der Waals surface area contributed by atoms with Gasteiger partial charge in [0.2, 0.25) is 5.05 Å². The maximum Gasteiger partial charge on any atom is 0.558 e. The standard InChI is InChI=1S/C14H25F3O3S.Y/c15-14(16,17)20-19-13(21)11-9-7-5-3-1-2-4-6-8-10-12-18;/h18H,1-12H2;. The summed E-state index contributed by atoms with van der Waals surface area (Å²) in [5.41, 5.74) is 0. The van der Waals surface area contributed by atoms with Gasteiger partial charge in [0.15, 0.2) is 0 Å². The largest absolute Gasteiger partial charge is 0.558 e. The van der Waals surface area contributed by atoms with Gasteiger partial charge in [0.25, 0.3) is 0 Å². The molecule has 0 atom stereocenters. The van der Waals surface area contributed by atoms with Crippen molar-refractivity contribution in [1.29, 1.82) is 0 Å². The Balaban J connectivity index is 0. The van der Waals surface area contributed by atoms with Gasteiger partial charge < -0.3 is 9.99 Å². The summed E-state index contributed by atoms with van der Waals surface area (Å²) in [4.78, 5) is 7.17. The number of hydrogen-bond donors (Lipinski definition) is 1. The summed E-state index contributed by atoms with van der Waals surface area (Å²) in [7, 11) is 0. The number of aliphatic hydroxyl groups is 1. The third kappa shape index (κ3) is 20.7. The smallest absolute Gasteiger partial charge is 0.396 e. The monoisotopic (exact) mass is 419 g/mol. The number of unbranched alkanes of at least 4 members (excludes halogenated alkanes) is 9. The fourth-order valence-electron chi connectivity index (χ4n) is 1.93.